The maximum absolute atomic E-state index is 2.49. The lowest BCUT2D eigenvalue weighted by molar-refractivity contribution is 0.780. The highest BCUT2D eigenvalue weighted by Gasteiger charge is 2.48. The Hall–Kier alpha value is -8.20. The monoisotopic (exact) mass is 812 g/mol. The first-order valence-electron chi connectivity index (χ1n) is 22.4. The van der Waals surface area contributed by atoms with E-state index in [1.54, 1.807) is 0 Å². The predicted octanol–water partition coefficient (Wildman–Crippen LogP) is 16.0. The molecule has 0 atom stereocenters. The maximum atomic E-state index is 2.49. The van der Waals surface area contributed by atoms with Gasteiger partial charge in [0.25, 0.3) is 0 Å². The predicted molar refractivity (Wildman–Crippen MR) is 268 cm³/mol. The van der Waals surface area contributed by atoms with E-state index in [2.05, 4.69) is 240 Å². The zero-order valence-corrected chi connectivity index (χ0v) is 35.0. The van der Waals surface area contributed by atoms with Gasteiger partial charge in [-0.05, 0) is 121 Å². The van der Waals surface area contributed by atoms with Crippen molar-refractivity contribution in [1.82, 2.24) is 4.57 Å². The quantitative estimate of drug-likeness (QED) is 0.172. The summed E-state index contributed by atoms with van der Waals surface area (Å²) in [7, 11) is 0. The lowest BCUT2D eigenvalue weighted by atomic mass is 9.63. The Bertz CT molecular complexity index is 3830. The number of hydrogen-bond acceptors (Lipinski definition) is 1. The molecule has 2 nitrogen and oxygen atoms in total. The first-order chi connectivity index (χ1) is 31.8. The number of nitrogens with zero attached hydrogens (tertiary/aromatic N) is 2. The second kappa shape index (κ2) is 13.4. The SMILES string of the molecule is c1ccc(N(c2ccc3c(c2)c2ccc4ccccc4c2n3-c2ccccc2)c2ccc3c4c(cccc24)C2(c4ccccc4-c4ccccc42)c2cccc4cccc(c24)C3)cc1. The average Bonchev–Trinajstić information content (AvgIpc) is 3.85. The van der Waals surface area contributed by atoms with Crippen molar-refractivity contribution in [3.63, 3.8) is 0 Å². The summed E-state index contributed by atoms with van der Waals surface area (Å²) in [6.45, 7) is 0. The van der Waals surface area contributed by atoms with Gasteiger partial charge >= 0.3 is 0 Å². The molecule has 1 spiro atoms. The number of benzene rings is 11. The van der Waals surface area contributed by atoms with Crippen LogP contribution in [0.25, 0.3) is 70.9 Å². The van der Waals surface area contributed by atoms with Gasteiger partial charge in [0.1, 0.15) is 0 Å². The zero-order chi connectivity index (χ0) is 41.9. The molecule has 14 rings (SSSR count). The van der Waals surface area contributed by atoms with Crippen LogP contribution >= 0.6 is 0 Å². The summed E-state index contributed by atoms with van der Waals surface area (Å²) in [5.74, 6) is 0. The molecule has 2 aliphatic carbocycles. The van der Waals surface area contributed by atoms with Crippen molar-refractivity contribution in [3.8, 4) is 16.8 Å². The molecule has 0 saturated heterocycles. The molecule has 0 fully saturated rings. The van der Waals surface area contributed by atoms with E-state index in [4.69, 9.17) is 0 Å². The number of aromatic nitrogens is 1. The van der Waals surface area contributed by atoms with Crippen LogP contribution in [0.4, 0.5) is 17.1 Å². The molecular formula is C62H40N2. The average molecular weight is 813 g/mol. The Morgan fingerprint density at radius 3 is 1.78 bits per heavy atom. The Morgan fingerprint density at radius 1 is 0.375 bits per heavy atom. The Morgan fingerprint density at radius 2 is 0.984 bits per heavy atom. The maximum Gasteiger partial charge on any atom is 0.0725 e. The smallest absolute Gasteiger partial charge is 0.0725 e. The molecule has 11 aromatic carbocycles. The van der Waals surface area contributed by atoms with E-state index in [1.165, 1.54) is 98.6 Å². The first kappa shape index (κ1) is 35.4. The molecular weight excluding hydrogens is 773 g/mol. The number of anilines is 3. The van der Waals surface area contributed by atoms with Gasteiger partial charge in [0.05, 0.1) is 22.1 Å². The van der Waals surface area contributed by atoms with Gasteiger partial charge in [-0.1, -0.05) is 182 Å². The fraction of sp³-hybridized carbons (Fsp3) is 0.0323. The summed E-state index contributed by atoms with van der Waals surface area (Å²) in [6.07, 6.45) is 0.839. The van der Waals surface area contributed by atoms with E-state index in [0.717, 1.165) is 29.2 Å². The number of para-hydroxylation sites is 2. The summed E-state index contributed by atoms with van der Waals surface area (Å²) < 4.78 is 2.45. The normalized spacial score (nSPS) is 13.4. The largest absolute Gasteiger partial charge is 0.310 e. The van der Waals surface area contributed by atoms with Gasteiger partial charge in [0.15, 0.2) is 0 Å². The third-order valence-corrected chi connectivity index (χ3v) is 14.4. The minimum Gasteiger partial charge on any atom is -0.310 e. The molecule has 0 radical (unpaired) electrons. The van der Waals surface area contributed by atoms with Gasteiger partial charge in [0, 0.05) is 38.6 Å². The molecule has 64 heavy (non-hydrogen) atoms. The minimum absolute atomic E-state index is 0.547. The van der Waals surface area contributed by atoms with E-state index in [0.29, 0.717) is 0 Å². The lowest BCUT2D eigenvalue weighted by Gasteiger charge is -2.38. The van der Waals surface area contributed by atoms with Crippen molar-refractivity contribution in [3.05, 3.63) is 264 Å². The van der Waals surface area contributed by atoms with Gasteiger partial charge in [-0.3, -0.25) is 0 Å². The van der Waals surface area contributed by atoms with Crippen molar-refractivity contribution in [2.45, 2.75) is 11.8 Å². The van der Waals surface area contributed by atoms with Crippen molar-refractivity contribution >= 4 is 71.2 Å². The molecule has 0 amide bonds. The van der Waals surface area contributed by atoms with Crippen LogP contribution in [0.2, 0.25) is 0 Å². The molecule has 12 aromatic rings. The molecule has 0 aliphatic heterocycles. The standard InChI is InChI=1S/C62H40N2/c1-3-20-44(21-4-1)63(46-34-37-58-52(39-46)50-35-32-40-16-7-8-24-47(40)61(50)64(58)45-22-5-2-6-23-45)57-36-33-43-38-42-19-13-17-41-18-14-30-55(59(41)42)62(56-31-15-27-51(57)60(43)56)53-28-11-9-25-48(53)49-26-10-12-29-54(49)62/h1-37,39H,38H2. The highest BCUT2D eigenvalue weighted by Crippen LogP contribution is 2.60. The van der Waals surface area contributed by atoms with Crippen LogP contribution in [0.15, 0.2) is 231 Å². The molecule has 298 valence electrons. The van der Waals surface area contributed by atoms with Crippen LogP contribution < -0.4 is 4.90 Å². The molecule has 2 heteroatoms. The molecule has 0 unspecified atom stereocenters. The summed E-state index contributed by atoms with van der Waals surface area (Å²) >= 11 is 0. The van der Waals surface area contributed by atoms with Crippen molar-refractivity contribution in [2.75, 3.05) is 4.90 Å². The highest BCUT2D eigenvalue weighted by molar-refractivity contribution is 6.19. The van der Waals surface area contributed by atoms with Crippen LogP contribution in [0.5, 0.6) is 0 Å². The second-order valence-corrected chi connectivity index (χ2v) is 17.5. The van der Waals surface area contributed by atoms with Gasteiger partial charge in [0.2, 0.25) is 0 Å². The van der Waals surface area contributed by atoms with Crippen molar-refractivity contribution in [2.24, 2.45) is 0 Å². The third kappa shape index (κ3) is 4.74. The third-order valence-electron chi connectivity index (χ3n) is 14.4. The minimum atomic E-state index is -0.547. The molecule has 1 heterocycles. The summed E-state index contributed by atoms with van der Waals surface area (Å²) in [5, 5.41) is 10.2. The fourth-order valence-electron chi connectivity index (χ4n) is 11.9. The molecule has 2 aliphatic rings. The molecule has 0 bridgehead atoms. The second-order valence-electron chi connectivity index (χ2n) is 17.5. The van der Waals surface area contributed by atoms with Crippen LogP contribution in [-0.4, -0.2) is 4.57 Å². The van der Waals surface area contributed by atoms with Crippen molar-refractivity contribution < 1.29 is 0 Å². The van der Waals surface area contributed by atoms with Crippen molar-refractivity contribution in [1.29, 1.82) is 0 Å². The Balaban J connectivity index is 1.08. The number of rotatable bonds is 4. The lowest BCUT2D eigenvalue weighted by Crippen LogP contribution is -2.30. The number of hydrogen-bond donors (Lipinski definition) is 0. The summed E-state index contributed by atoms with van der Waals surface area (Å²) in [5.41, 5.74) is 17.1. The van der Waals surface area contributed by atoms with Gasteiger partial charge < -0.3 is 9.47 Å². The molecule has 0 saturated carbocycles. The Kier molecular flexibility index (Phi) is 7.41. The fourth-order valence-corrected chi connectivity index (χ4v) is 11.9. The summed E-state index contributed by atoms with van der Waals surface area (Å²) in [4.78, 5) is 2.49. The highest BCUT2D eigenvalue weighted by atomic mass is 15.1. The zero-order valence-electron chi connectivity index (χ0n) is 35.0. The molecule has 0 N–H and O–H groups in total. The van der Waals surface area contributed by atoms with Crippen LogP contribution in [-0.2, 0) is 11.8 Å². The first-order valence-corrected chi connectivity index (χ1v) is 22.4. The van der Waals surface area contributed by atoms with Crippen LogP contribution in [0, 0.1) is 0 Å². The van der Waals surface area contributed by atoms with E-state index in [1.807, 2.05) is 0 Å². The van der Waals surface area contributed by atoms with E-state index in [9.17, 15) is 0 Å². The summed E-state index contributed by atoms with van der Waals surface area (Å²) in [6, 6.07) is 86.3. The topological polar surface area (TPSA) is 8.17 Å². The number of fused-ring (bicyclic) bond motifs is 12. The van der Waals surface area contributed by atoms with Gasteiger partial charge in [-0.15, -0.1) is 0 Å². The van der Waals surface area contributed by atoms with Gasteiger partial charge in [-0.2, -0.15) is 0 Å². The van der Waals surface area contributed by atoms with Crippen LogP contribution in [0.1, 0.15) is 33.4 Å². The van der Waals surface area contributed by atoms with Gasteiger partial charge in [-0.25, -0.2) is 0 Å². The van der Waals surface area contributed by atoms with E-state index >= 15 is 0 Å². The van der Waals surface area contributed by atoms with E-state index < -0.39 is 5.41 Å². The molecule has 1 aromatic heterocycles. The van der Waals surface area contributed by atoms with E-state index in [-0.39, 0.29) is 0 Å². The Labute approximate surface area is 371 Å². The van der Waals surface area contributed by atoms with Crippen LogP contribution in [0.3, 0.4) is 0 Å².